The number of carbonyl (C=O) groups is 3. The fraction of sp³-hybridized carbons (Fsp3) is 0.629. The molecule has 13 heteroatoms. The van der Waals surface area contributed by atoms with Gasteiger partial charge in [0, 0.05) is 19.0 Å². The normalized spacial score (nSPS) is 15.3. The monoisotopic (exact) mass is 688 g/mol. The van der Waals surface area contributed by atoms with Crippen LogP contribution < -0.4 is 22.5 Å². The third kappa shape index (κ3) is 37.1. The van der Waals surface area contributed by atoms with Crippen molar-refractivity contribution in [3.8, 4) is 0 Å². The Balaban J connectivity index is -0.000000529. The fourth-order valence-corrected chi connectivity index (χ4v) is 3.63. The first-order chi connectivity index (χ1) is 21.9. The van der Waals surface area contributed by atoms with Crippen molar-refractivity contribution in [3.63, 3.8) is 0 Å². The van der Waals surface area contributed by atoms with Crippen LogP contribution in [-0.2, 0) is 25.7 Å². The number of aliphatic hydroxyl groups excluding tert-OH is 1. The van der Waals surface area contributed by atoms with E-state index in [1.54, 1.807) is 20.8 Å². The van der Waals surface area contributed by atoms with Crippen molar-refractivity contribution in [2.24, 2.45) is 17.2 Å². The Bertz CT molecular complexity index is 1040. The molecule has 0 radical (unpaired) electrons. The molecule has 1 aromatic carbocycles. The van der Waals surface area contributed by atoms with Gasteiger partial charge in [0.2, 0.25) is 0 Å². The molecule has 1 aliphatic rings. The Hall–Kier alpha value is -3.39. The van der Waals surface area contributed by atoms with Gasteiger partial charge in [-0.1, -0.05) is 48.4 Å². The van der Waals surface area contributed by atoms with Gasteiger partial charge in [0.1, 0.15) is 30.6 Å². The zero-order valence-corrected chi connectivity index (χ0v) is 30.2. The minimum absolute atomic E-state index is 0.0185. The van der Waals surface area contributed by atoms with Gasteiger partial charge in [0.15, 0.2) is 0 Å². The average molecular weight is 689 g/mol. The van der Waals surface area contributed by atoms with Crippen LogP contribution in [0.15, 0.2) is 54.6 Å². The first-order valence-electron chi connectivity index (χ1n) is 15.8. The molecule has 0 saturated carbocycles. The first kappa shape index (κ1) is 49.0. The minimum Gasteiger partial charge on any atom is -0.480 e. The number of ether oxygens (including phenoxy) is 2. The second kappa shape index (κ2) is 26.6. The van der Waals surface area contributed by atoms with Crippen LogP contribution in [0, 0.1) is 0 Å². The molecular formula is C35H62F2N4O7. The molecule has 0 bridgehead atoms. The predicted octanol–water partition coefficient (Wildman–Crippen LogP) is 5.48. The van der Waals surface area contributed by atoms with Crippen molar-refractivity contribution in [1.29, 1.82) is 0 Å². The van der Waals surface area contributed by atoms with E-state index < -0.39 is 29.4 Å². The van der Waals surface area contributed by atoms with E-state index in [4.69, 9.17) is 32.2 Å². The third-order valence-corrected chi connectivity index (χ3v) is 5.76. The summed E-state index contributed by atoms with van der Waals surface area (Å²) in [6.07, 6.45) is 2.38. The number of alkyl halides is 2. The van der Waals surface area contributed by atoms with Crippen molar-refractivity contribution in [1.82, 2.24) is 5.32 Å². The number of halogens is 2. The molecule has 0 aliphatic carbocycles. The van der Waals surface area contributed by atoms with E-state index in [0.29, 0.717) is 26.1 Å². The highest BCUT2D eigenvalue weighted by molar-refractivity contribution is 5.73. The van der Waals surface area contributed by atoms with Gasteiger partial charge in [-0.15, -0.1) is 13.2 Å². The van der Waals surface area contributed by atoms with Crippen molar-refractivity contribution in [2.45, 2.75) is 130 Å². The second-order valence-corrected chi connectivity index (χ2v) is 12.9. The van der Waals surface area contributed by atoms with Gasteiger partial charge in [-0.05, 0) is 79.2 Å². The van der Waals surface area contributed by atoms with Crippen LogP contribution in [0.5, 0.6) is 0 Å². The van der Waals surface area contributed by atoms with E-state index in [2.05, 4.69) is 23.2 Å². The molecule has 1 amide bonds. The van der Waals surface area contributed by atoms with Crippen molar-refractivity contribution >= 4 is 18.0 Å². The van der Waals surface area contributed by atoms with Crippen LogP contribution in [0.3, 0.4) is 0 Å². The number of cyclic esters (lactones) is 1. The number of amides is 1. The second-order valence-electron chi connectivity index (χ2n) is 12.9. The van der Waals surface area contributed by atoms with Crippen LogP contribution in [0.4, 0.5) is 13.6 Å². The lowest BCUT2D eigenvalue weighted by atomic mass is 10.0. The molecule has 1 aromatic rings. The SMILES string of the molecule is C=C(C)C[C@H](N)C(=O)O.C=C(C)C[C@H]1COC(=O)N1.CC(=O)OCc1ccccc1.CC(C)(F)C[C@H](N)CO.CC[C@@H](N)CC(C)(C)F. The van der Waals surface area contributed by atoms with E-state index >= 15 is 0 Å². The number of aliphatic carboxylic acids is 1. The highest BCUT2D eigenvalue weighted by Crippen LogP contribution is 2.16. The minimum atomic E-state index is -1.26. The number of nitrogens with two attached hydrogens (primary N) is 3. The summed E-state index contributed by atoms with van der Waals surface area (Å²) >= 11 is 0. The molecule has 0 spiro atoms. The molecule has 48 heavy (non-hydrogen) atoms. The summed E-state index contributed by atoms with van der Waals surface area (Å²) in [5.41, 5.74) is 16.5. The summed E-state index contributed by atoms with van der Waals surface area (Å²) in [7, 11) is 0. The molecule has 0 unspecified atom stereocenters. The number of hydrogen-bond acceptors (Lipinski definition) is 9. The van der Waals surface area contributed by atoms with Crippen LogP contribution in [0.25, 0.3) is 0 Å². The predicted molar refractivity (Wildman–Crippen MR) is 188 cm³/mol. The first-order valence-corrected chi connectivity index (χ1v) is 15.8. The standard InChI is InChI=1S/C9H10O2.C7H16FN.C7H11NO2.C6H14FNO.C6H11NO2/c1-8(10)11-7-9-5-3-2-4-6-9;1-4-6(9)5-7(2,3)8;1-5(2)3-6-4-10-7(9)8-6;1-6(2,7)3-5(8)4-9;1-4(2)3-5(7)6(8)9/h2-6H,7H2,1H3;6H,4-5,9H2,1-3H3;6H,1,3-4H2,2H3,(H,8,9);5,9H,3-4,8H2,1-2H3;5H,1,3,7H2,2H3,(H,8,9)/t;2*6-;2*5-/m.1000/s1. The number of hydrogen-bond donors (Lipinski definition) is 6. The largest absolute Gasteiger partial charge is 0.480 e. The maximum absolute atomic E-state index is 12.7. The molecular weight excluding hydrogens is 626 g/mol. The summed E-state index contributed by atoms with van der Waals surface area (Å²) in [6.45, 7) is 21.0. The molecule has 1 heterocycles. The quantitative estimate of drug-likeness (QED) is 0.114. The number of nitrogens with one attached hydrogen (secondary N) is 1. The number of rotatable bonds is 13. The Morgan fingerprint density at radius 1 is 1.00 bits per heavy atom. The highest BCUT2D eigenvalue weighted by atomic mass is 19.1. The van der Waals surface area contributed by atoms with Gasteiger partial charge in [0.25, 0.3) is 0 Å². The Morgan fingerprint density at radius 2 is 1.50 bits per heavy atom. The fourth-order valence-electron chi connectivity index (χ4n) is 3.63. The lowest BCUT2D eigenvalue weighted by Gasteiger charge is -2.17. The summed E-state index contributed by atoms with van der Waals surface area (Å²) in [5.74, 6) is -1.22. The lowest BCUT2D eigenvalue weighted by molar-refractivity contribution is -0.142. The van der Waals surface area contributed by atoms with Gasteiger partial charge in [-0.3, -0.25) is 9.59 Å². The van der Waals surface area contributed by atoms with Crippen molar-refractivity contribution in [2.75, 3.05) is 13.2 Å². The van der Waals surface area contributed by atoms with E-state index in [1.165, 1.54) is 20.8 Å². The van der Waals surface area contributed by atoms with E-state index in [-0.39, 0.29) is 37.2 Å². The van der Waals surface area contributed by atoms with Crippen LogP contribution >= 0.6 is 0 Å². The number of carboxylic acids is 1. The molecule has 278 valence electrons. The van der Waals surface area contributed by atoms with Gasteiger partial charge in [-0.25, -0.2) is 13.6 Å². The van der Waals surface area contributed by atoms with Gasteiger partial charge >= 0.3 is 18.0 Å². The van der Waals surface area contributed by atoms with Gasteiger partial charge in [-0.2, -0.15) is 0 Å². The number of aliphatic hydroxyl groups is 1. The lowest BCUT2D eigenvalue weighted by Crippen LogP contribution is -2.31. The van der Waals surface area contributed by atoms with Crippen LogP contribution in [-0.4, -0.2) is 77.0 Å². The highest BCUT2D eigenvalue weighted by Gasteiger charge is 2.21. The molecule has 9 N–H and O–H groups in total. The summed E-state index contributed by atoms with van der Waals surface area (Å²) in [6, 6.07) is 8.54. The molecule has 0 aromatic heterocycles. The molecule has 1 saturated heterocycles. The number of alkyl carbamates (subject to hydrolysis) is 1. The summed E-state index contributed by atoms with van der Waals surface area (Å²) in [4.78, 5) is 30.9. The number of benzene rings is 1. The van der Waals surface area contributed by atoms with Crippen LogP contribution in [0.1, 0.15) is 93.1 Å². The summed E-state index contributed by atoms with van der Waals surface area (Å²) < 4.78 is 34.8. The number of esters is 1. The molecule has 4 atom stereocenters. The zero-order chi connectivity index (χ0) is 38.1. The molecule has 1 aliphatic heterocycles. The van der Waals surface area contributed by atoms with E-state index in [1.807, 2.05) is 44.2 Å². The molecule has 2 rings (SSSR count). The maximum atomic E-state index is 12.7. The average Bonchev–Trinajstić information content (AvgIpc) is 3.35. The Kier molecular flexibility index (Phi) is 27.1. The van der Waals surface area contributed by atoms with Crippen LogP contribution in [0.2, 0.25) is 0 Å². The van der Waals surface area contributed by atoms with Crippen molar-refractivity contribution < 1.29 is 42.9 Å². The third-order valence-electron chi connectivity index (χ3n) is 5.76. The van der Waals surface area contributed by atoms with Gasteiger partial charge in [0.05, 0.1) is 12.6 Å². The van der Waals surface area contributed by atoms with Crippen molar-refractivity contribution in [3.05, 3.63) is 60.2 Å². The smallest absolute Gasteiger partial charge is 0.407 e. The number of carboxylic acid groups (broad SMARTS) is 1. The maximum Gasteiger partial charge on any atom is 0.407 e. The topological polar surface area (TPSA) is 200 Å². The molecule has 11 nitrogen and oxygen atoms in total. The number of carbonyl (C=O) groups excluding carboxylic acids is 2. The van der Waals surface area contributed by atoms with E-state index in [0.717, 1.165) is 29.6 Å². The van der Waals surface area contributed by atoms with E-state index in [9.17, 15) is 23.2 Å². The summed E-state index contributed by atoms with van der Waals surface area (Å²) in [5, 5.41) is 19.3. The Morgan fingerprint density at radius 3 is 1.77 bits per heavy atom. The van der Waals surface area contributed by atoms with Gasteiger partial charge < -0.3 is 42.2 Å². The zero-order valence-electron chi connectivity index (χ0n) is 30.2. The Labute approximate surface area is 286 Å². The molecule has 1 fully saturated rings.